The fourth-order valence-corrected chi connectivity index (χ4v) is 2.65. The first-order valence-electron chi connectivity index (χ1n) is 6.77. The van der Waals surface area contributed by atoms with Gasteiger partial charge in [0.25, 0.3) is 0 Å². The van der Waals surface area contributed by atoms with Crippen LogP contribution in [0.5, 0.6) is 0 Å². The second-order valence-electron chi connectivity index (χ2n) is 5.06. The maximum atomic E-state index is 12.4. The molecule has 0 N–H and O–H groups in total. The van der Waals surface area contributed by atoms with Crippen LogP contribution in [0.2, 0.25) is 0 Å². The third-order valence-electron chi connectivity index (χ3n) is 3.61. The first-order chi connectivity index (χ1) is 10.1. The van der Waals surface area contributed by atoms with Gasteiger partial charge >= 0.3 is 5.97 Å². The number of hydrogen-bond acceptors (Lipinski definition) is 3. The zero-order valence-electron chi connectivity index (χ0n) is 11.7. The molecule has 4 nitrogen and oxygen atoms in total. The van der Waals surface area contributed by atoms with Gasteiger partial charge in [-0.2, -0.15) is 0 Å². The molecule has 0 aliphatic carbocycles. The van der Waals surface area contributed by atoms with E-state index in [1.807, 2.05) is 60.7 Å². The highest BCUT2D eigenvalue weighted by atomic mass is 16.6. The van der Waals surface area contributed by atoms with Gasteiger partial charge in [0.15, 0.2) is 0 Å². The van der Waals surface area contributed by atoms with Crippen LogP contribution in [-0.2, 0) is 20.1 Å². The third kappa shape index (κ3) is 2.29. The molecule has 2 aromatic rings. The SMILES string of the molecule is C[C@@]1(c2ccccc2)OC(=O)CC(=O)N1c1ccccc1. The number of rotatable bonds is 2. The molecule has 0 spiro atoms. The fourth-order valence-electron chi connectivity index (χ4n) is 2.65. The second-order valence-corrected chi connectivity index (χ2v) is 5.06. The quantitative estimate of drug-likeness (QED) is 0.628. The van der Waals surface area contributed by atoms with Crippen molar-refractivity contribution in [1.82, 2.24) is 0 Å². The molecule has 1 fully saturated rings. The monoisotopic (exact) mass is 281 g/mol. The number of amides is 1. The van der Waals surface area contributed by atoms with Crippen LogP contribution >= 0.6 is 0 Å². The van der Waals surface area contributed by atoms with E-state index in [4.69, 9.17) is 4.74 Å². The largest absolute Gasteiger partial charge is 0.434 e. The van der Waals surface area contributed by atoms with Gasteiger partial charge in [-0.05, 0) is 12.1 Å². The number of cyclic esters (lactones) is 1. The molecule has 0 radical (unpaired) electrons. The predicted octanol–water partition coefficient (Wildman–Crippen LogP) is 2.84. The van der Waals surface area contributed by atoms with Crippen molar-refractivity contribution in [3.63, 3.8) is 0 Å². The number of benzene rings is 2. The molecule has 1 amide bonds. The minimum absolute atomic E-state index is 0.239. The maximum Gasteiger partial charge on any atom is 0.317 e. The molecular weight excluding hydrogens is 266 g/mol. The van der Waals surface area contributed by atoms with Gasteiger partial charge in [-0.1, -0.05) is 48.5 Å². The van der Waals surface area contributed by atoms with E-state index in [1.165, 1.54) is 0 Å². The first-order valence-corrected chi connectivity index (χ1v) is 6.77. The summed E-state index contributed by atoms with van der Waals surface area (Å²) in [5.41, 5.74) is 0.339. The topological polar surface area (TPSA) is 46.6 Å². The van der Waals surface area contributed by atoms with Crippen molar-refractivity contribution in [2.75, 3.05) is 4.90 Å². The lowest BCUT2D eigenvalue weighted by atomic mass is 9.99. The molecular formula is C17H15NO3. The average molecular weight is 281 g/mol. The lowest BCUT2D eigenvalue weighted by molar-refractivity contribution is -0.168. The summed E-state index contributed by atoms with van der Waals surface area (Å²) in [6.07, 6.45) is -0.239. The van der Waals surface area contributed by atoms with Crippen molar-refractivity contribution < 1.29 is 14.3 Å². The summed E-state index contributed by atoms with van der Waals surface area (Å²) in [6, 6.07) is 18.5. The van der Waals surface area contributed by atoms with Gasteiger partial charge in [0.1, 0.15) is 6.42 Å². The van der Waals surface area contributed by atoms with Gasteiger partial charge in [0.05, 0.1) is 0 Å². The first kappa shape index (κ1) is 13.4. The smallest absolute Gasteiger partial charge is 0.317 e. The van der Waals surface area contributed by atoms with Gasteiger partial charge in [-0.25, -0.2) is 0 Å². The fraction of sp³-hybridized carbons (Fsp3) is 0.176. The van der Waals surface area contributed by atoms with Crippen molar-refractivity contribution in [2.24, 2.45) is 0 Å². The number of para-hydroxylation sites is 1. The van der Waals surface area contributed by atoms with Crippen molar-refractivity contribution in [3.8, 4) is 0 Å². The van der Waals surface area contributed by atoms with Gasteiger partial charge in [0.2, 0.25) is 11.6 Å². The minimum Gasteiger partial charge on any atom is -0.434 e. The molecule has 0 bridgehead atoms. The number of anilines is 1. The highest BCUT2D eigenvalue weighted by molar-refractivity contribution is 6.06. The standard InChI is InChI=1S/C17H15NO3/c1-17(13-8-4-2-5-9-13)18(14-10-6-3-7-11-14)15(19)12-16(20)21-17/h2-11H,12H2,1H3/t17-/m0/s1. The number of carbonyl (C=O) groups excluding carboxylic acids is 2. The molecule has 3 rings (SSSR count). The van der Waals surface area contributed by atoms with E-state index in [0.29, 0.717) is 5.69 Å². The Hall–Kier alpha value is -2.62. The average Bonchev–Trinajstić information content (AvgIpc) is 2.48. The number of ether oxygens (including phenoxy) is 1. The summed E-state index contributed by atoms with van der Waals surface area (Å²) >= 11 is 0. The van der Waals surface area contributed by atoms with Crippen molar-refractivity contribution >= 4 is 17.6 Å². The van der Waals surface area contributed by atoms with E-state index < -0.39 is 11.7 Å². The van der Waals surface area contributed by atoms with Gasteiger partial charge in [-0.3, -0.25) is 14.5 Å². The zero-order valence-corrected chi connectivity index (χ0v) is 11.7. The minimum atomic E-state index is -1.13. The normalized spacial score (nSPS) is 22.0. The Kier molecular flexibility index (Phi) is 3.22. The van der Waals surface area contributed by atoms with E-state index >= 15 is 0 Å². The molecule has 1 atom stereocenters. The van der Waals surface area contributed by atoms with Crippen LogP contribution < -0.4 is 4.90 Å². The Morgan fingerprint density at radius 3 is 2.14 bits per heavy atom. The summed E-state index contributed by atoms with van der Waals surface area (Å²) in [4.78, 5) is 25.7. The van der Waals surface area contributed by atoms with Crippen molar-refractivity contribution in [2.45, 2.75) is 19.1 Å². The number of carbonyl (C=O) groups is 2. The van der Waals surface area contributed by atoms with Gasteiger partial charge in [-0.15, -0.1) is 0 Å². The lowest BCUT2D eigenvalue weighted by Gasteiger charge is -2.43. The van der Waals surface area contributed by atoms with E-state index in [-0.39, 0.29) is 12.3 Å². The molecule has 0 unspecified atom stereocenters. The molecule has 1 aliphatic rings. The summed E-state index contributed by atoms with van der Waals surface area (Å²) in [7, 11) is 0. The van der Waals surface area contributed by atoms with Crippen LogP contribution in [0, 0.1) is 0 Å². The molecule has 106 valence electrons. The number of nitrogens with zero attached hydrogens (tertiary/aromatic N) is 1. The Bertz CT molecular complexity index is 669. The van der Waals surface area contributed by atoms with E-state index in [9.17, 15) is 9.59 Å². The molecule has 4 heteroatoms. The van der Waals surface area contributed by atoms with E-state index in [1.54, 1.807) is 11.8 Å². The Labute approximate surface area is 123 Å². The predicted molar refractivity (Wildman–Crippen MR) is 78.4 cm³/mol. The molecule has 2 aromatic carbocycles. The summed E-state index contributed by atoms with van der Waals surface area (Å²) in [5, 5.41) is 0. The summed E-state index contributed by atoms with van der Waals surface area (Å²) in [5.74, 6) is -0.762. The third-order valence-corrected chi connectivity index (χ3v) is 3.61. The number of esters is 1. The highest BCUT2D eigenvalue weighted by Gasteiger charge is 2.46. The van der Waals surface area contributed by atoms with Crippen LogP contribution in [0.1, 0.15) is 18.9 Å². The van der Waals surface area contributed by atoms with Crippen LogP contribution in [0.3, 0.4) is 0 Å². The van der Waals surface area contributed by atoms with Crippen molar-refractivity contribution in [3.05, 3.63) is 66.2 Å². The molecule has 1 aliphatic heterocycles. The van der Waals surface area contributed by atoms with Crippen LogP contribution in [0.25, 0.3) is 0 Å². The Morgan fingerprint density at radius 1 is 0.952 bits per heavy atom. The number of hydrogen-bond donors (Lipinski definition) is 0. The zero-order chi connectivity index (χ0) is 14.9. The van der Waals surface area contributed by atoms with Gasteiger partial charge in [0, 0.05) is 18.2 Å². The second kappa shape index (κ2) is 5.05. The summed E-state index contributed by atoms with van der Waals surface area (Å²) in [6.45, 7) is 1.74. The molecule has 1 saturated heterocycles. The molecule has 0 aromatic heterocycles. The highest BCUT2D eigenvalue weighted by Crippen LogP contribution is 2.37. The van der Waals surface area contributed by atoms with E-state index in [2.05, 4.69) is 0 Å². The van der Waals surface area contributed by atoms with Crippen molar-refractivity contribution in [1.29, 1.82) is 0 Å². The molecule has 1 heterocycles. The maximum absolute atomic E-state index is 12.4. The van der Waals surface area contributed by atoms with Crippen LogP contribution in [0.4, 0.5) is 5.69 Å². The summed E-state index contributed by atoms with van der Waals surface area (Å²) < 4.78 is 5.56. The molecule has 21 heavy (non-hydrogen) atoms. The lowest BCUT2D eigenvalue weighted by Crippen LogP contribution is -2.55. The van der Waals surface area contributed by atoms with Crippen LogP contribution in [-0.4, -0.2) is 11.9 Å². The Morgan fingerprint density at radius 2 is 1.52 bits per heavy atom. The molecule has 0 saturated carbocycles. The Balaban J connectivity index is 2.14. The van der Waals surface area contributed by atoms with Gasteiger partial charge < -0.3 is 4.74 Å². The van der Waals surface area contributed by atoms with E-state index in [0.717, 1.165) is 5.56 Å². The van der Waals surface area contributed by atoms with Crippen LogP contribution in [0.15, 0.2) is 60.7 Å².